The van der Waals surface area contributed by atoms with E-state index in [0.717, 1.165) is 12.5 Å². The van der Waals surface area contributed by atoms with Gasteiger partial charge in [0.15, 0.2) is 0 Å². The van der Waals surface area contributed by atoms with E-state index in [2.05, 4.69) is 30.6 Å². The Bertz CT molecular complexity index is 265. The van der Waals surface area contributed by atoms with Gasteiger partial charge in [0, 0.05) is 18.6 Å². The van der Waals surface area contributed by atoms with Crippen LogP contribution in [0.15, 0.2) is 0 Å². The topological polar surface area (TPSA) is 32.5 Å². The van der Waals surface area contributed by atoms with Crippen molar-refractivity contribution < 1.29 is 0 Å². The highest BCUT2D eigenvalue weighted by molar-refractivity contribution is 4.92. The van der Waals surface area contributed by atoms with Gasteiger partial charge in [-0.05, 0) is 70.6 Å². The van der Waals surface area contributed by atoms with Crippen LogP contribution in [-0.2, 0) is 0 Å². The Morgan fingerprint density at radius 1 is 1.11 bits per heavy atom. The van der Waals surface area contributed by atoms with Crippen LogP contribution in [-0.4, -0.2) is 54.6 Å². The molecule has 3 nitrogen and oxygen atoms in total. The van der Waals surface area contributed by atoms with Crippen molar-refractivity contribution in [3.63, 3.8) is 0 Å². The van der Waals surface area contributed by atoms with Gasteiger partial charge in [-0.3, -0.25) is 4.90 Å². The summed E-state index contributed by atoms with van der Waals surface area (Å²) in [6.07, 6.45) is 5.55. The molecule has 0 amide bonds. The summed E-state index contributed by atoms with van der Waals surface area (Å²) in [6.45, 7) is 14.2. The van der Waals surface area contributed by atoms with Crippen molar-refractivity contribution in [3.05, 3.63) is 0 Å². The quantitative estimate of drug-likeness (QED) is 0.828. The van der Waals surface area contributed by atoms with Crippen LogP contribution >= 0.6 is 0 Å². The number of hydrogen-bond acceptors (Lipinski definition) is 3. The zero-order valence-corrected chi connectivity index (χ0v) is 13.2. The van der Waals surface area contributed by atoms with Crippen LogP contribution in [0.3, 0.4) is 0 Å². The second-order valence-corrected chi connectivity index (χ2v) is 7.15. The summed E-state index contributed by atoms with van der Waals surface area (Å²) < 4.78 is 0. The Kier molecular flexibility index (Phi) is 5.27. The molecule has 0 aromatic heterocycles. The maximum absolute atomic E-state index is 6.06. The van der Waals surface area contributed by atoms with Crippen LogP contribution in [0.1, 0.15) is 46.5 Å². The molecular weight excluding hydrogens is 234 g/mol. The highest BCUT2D eigenvalue weighted by atomic mass is 15.2. The van der Waals surface area contributed by atoms with Crippen LogP contribution in [0.2, 0.25) is 0 Å². The Balaban J connectivity index is 1.81. The van der Waals surface area contributed by atoms with Crippen LogP contribution < -0.4 is 5.73 Å². The third-order valence-corrected chi connectivity index (χ3v) is 5.71. The third-order valence-electron chi connectivity index (χ3n) is 5.71. The Morgan fingerprint density at radius 2 is 1.68 bits per heavy atom. The van der Waals surface area contributed by atoms with Crippen molar-refractivity contribution in [3.8, 4) is 0 Å². The first-order chi connectivity index (χ1) is 9.06. The lowest BCUT2D eigenvalue weighted by Crippen LogP contribution is -2.57. The molecule has 2 heterocycles. The second-order valence-electron chi connectivity index (χ2n) is 7.15. The minimum atomic E-state index is 0.193. The fourth-order valence-electron chi connectivity index (χ4n) is 3.69. The normalized spacial score (nSPS) is 27.0. The lowest BCUT2D eigenvalue weighted by Gasteiger charge is -2.47. The van der Waals surface area contributed by atoms with Crippen molar-refractivity contribution in [2.45, 2.75) is 52.0 Å². The standard InChI is InChI=1S/C16H33N3/c1-14(2)16(3,13-17)19-10-6-15(7-11-19)12-18-8-4-5-9-18/h14-15H,4-13,17H2,1-3H3. The van der Waals surface area contributed by atoms with E-state index in [0.29, 0.717) is 5.92 Å². The van der Waals surface area contributed by atoms with Gasteiger partial charge >= 0.3 is 0 Å². The first kappa shape index (κ1) is 15.3. The third kappa shape index (κ3) is 3.50. The molecule has 2 aliphatic heterocycles. The molecule has 1 unspecified atom stereocenters. The number of likely N-dealkylation sites (tertiary alicyclic amines) is 2. The number of nitrogens with two attached hydrogens (primary N) is 1. The molecule has 2 rings (SSSR count). The van der Waals surface area contributed by atoms with Crippen molar-refractivity contribution in [2.24, 2.45) is 17.6 Å². The molecule has 2 fully saturated rings. The molecule has 2 N–H and O–H groups in total. The van der Waals surface area contributed by atoms with Gasteiger partial charge in [-0.2, -0.15) is 0 Å². The van der Waals surface area contributed by atoms with Gasteiger partial charge in [-0.25, -0.2) is 0 Å². The predicted molar refractivity (Wildman–Crippen MR) is 82.3 cm³/mol. The minimum absolute atomic E-state index is 0.193. The van der Waals surface area contributed by atoms with E-state index in [-0.39, 0.29) is 5.54 Å². The van der Waals surface area contributed by atoms with Gasteiger partial charge in [0.1, 0.15) is 0 Å². The number of piperidine rings is 1. The molecule has 0 aliphatic carbocycles. The van der Waals surface area contributed by atoms with E-state index in [9.17, 15) is 0 Å². The lowest BCUT2D eigenvalue weighted by atomic mass is 9.83. The molecule has 1 atom stereocenters. The highest BCUT2D eigenvalue weighted by Gasteiger charge is 2.36. The van der Waals surface area contributed by atoms with Gasteiger partial charge in [0.05, 0.1) is 0 Å². The molecule has 0 aromatic rings. The summed E-state index contributed by atoms with van der Waals surface area (Å²) in [5.41, 5.74) is 6.25. The summed E-state index contributed by atoms with van der Waals surface area (Å²) in [5, 5.41) is 0. The highest BCUT2D eigenvalue weighted by Crippen LogP contribution is 2.29. The summed E-state index contributed by atoms with van der Waals surface area (Å²) in [7, 11) is 0. The molecule has 0 aromatic carbocycles. The van der Waals surface area contributed by atoms with Gasteiger partial charge in [-0.15, -0.1) is 0 Å². The molecule has 2 saturated heterocycles. The molecule has 112 valence electrons. The zero-order valence-electron chi connectivity index (χ0n) is 13.2. The summed E-state index contributed by atoms with van der Waals surface area (Å²) >= 11 is 0. The van der Waals surface area contributed by atoms with Crippen LogP contribution in [0.4, 0.5) is 0 Å². The van der Waals surface area contributed by atoms with Gasteiger partial charge in [0.25, 0.3) is 0 Å². The Morgan fingerprint density at radius 3 is 2.16 bits per heavy atom. The monoisotopic (exact) mass is 267 g/mol. The molecule has 0 bridgehead atoms. The lowest BCUT2D eigenvalue weighted by molar-refractivity contribution is 0.0293. The molecule has 0 spiro atoms. The molecule has 3 heteroatoms. The first-order valence-corrected chi connectivity index (χ1v) is 8.23. The maximum Gasteiger partial charge on any atom is 0.0326 e. The second kappa shape index (κ2) is 6.55. The minimum Gasteiger partial charge on any atom is -0.329 e. The van der Waals surface area contributed by atoms with Crippen LogP contribution in [0.5, 0.6) is 0 Å². The Hall–Kier alpha value is -0.120. The molecule has 0 radical (unpaired) electrons. The van der Waals surface area contributed by atoms with E-state index >= 15 is 0 Å². The fraction of sp³-hybridized carbons (Fsp3) is 1.00. The number of nitrogens with zero attached hydrogens (tertiary/aromatic N) is 2. The van der Waals surface area contributed by atoms with E-state index in [1.165, 1.54) is 58.4 Å². The molecule has 2 aliphatic rings. The van der Waals surface area contributed by atoms with E-state index in [1.807, 2.05) is 0 Å². The summed E-state index contributed by atoms with van der Waals surface area (Å²) in [5.74, 6) is 1.55. The van der Waals surface area contributed by atoms with Crippen molar-refractivity contribution in [1.82, 2.24) is 9.80 Å². The fourth-order valence-corrected chi connectivity index (χ4v) is 3.69. The van der Waals surface area contributed by atoms with E-state index < -0.39 is 0 Å². The first-order valence-electron chi connectivity index (χ1n) is 8.23. The zero-order chi connectivity index (χ0) is 13.9. The largest absolute Gasteiger partial charge is 0.329 e. The van der Waals surface area contributed by atoms with Crippen molar-refractivity contribution >= 4 is 0 Å². The Labute approximate surface area is 119 Å². The van der Waals surface area contributed by atoms with Gasteiger partial charge < -0.3 is 10.6 Å². The maximum atomic E-state index is 6.06. The summed E-state index contributed by atoms with van der Waals surface area (Å²) in [6, 6.07) is 0. The van der Waals surface area contributed by atoms with Crippen molar-refractivity contribution in [1.29, 1.82) is 0 Å². The van der Waals surface area contributed by atoms with Gasteiger partial charge in [-0.1, -0.05) is 13.8 Å². The average molecular weight is 267 g/mol. The van der Waals surface area contributed by atoms with E-state index in [1.54, 1.807) is 0 Å². The van der Waals surface area contributed by atoms with Crippen LogP contribution in [0.25, 0.3) is 0 Å². The average Bonchev–Trinajstić information content (AvgIpc) is 2.91. The van der Waals surface area contributed by atoms with Crippen molar-refractivity contribution in [2.75, 3.05) is 39.3 Å². The summed E-state index contributed by atoms with van der Waals surface area (Å²) in [4.78, 5) is 5.32. The SMILES string of the molecule is CC(C)C(C)(CN)N1CCC(CN2CCCC2)CC1. The van der Waals surface area contributed by atoms with Crippen LogP contribution in [0, 0.1) is 11.8 Å². The van der Waals surface area contributed by atoms with Gasteiger partial charge in [0.2, 0.25) is 0 Å². The molecule has 19 heavy (non-hydrogen) atoms. The molecular formula is C16H33N3. The molecule has 0 saturated carbocycles. The number of hydrogen-bond donors (Lipinski definition) is 1. The van der Waals surface area contributed by atoms with E-state index in [4.69, 9.17) is 5.73 Å². The number of rotatable bonds is 5. The smallest absolute Gasteiger partial charge is 0.0326 e. The predicted octanol–water partition coefficient (Wildman–Crippen LogP) is 2.17.